The minimum absolute atomic E-state index is 0. The zero-order valence-electron chi connectivity index (χ0n) is 14.5. The zero-order valence-corrected chi connectivity index (χ0v) is 17.1. The largest absolute Gasteiger partial charge is 0.317 e. The molecule has 4 heteroatoms. The smallest absolute Gasteiger partial charge is 0.00387 e. The van der Waals surface area contributed by atoms with Gasteiger partial charge >= 0.3 is 0 Å². The molecule has 2 nitrogen and oxygen atoms in total. The Morgan fingerprint density at radius 3 is 1.86 bits per heavy atom. The van der Waals surface area contributed by atoms with Crippen molar-refractivity contribution in [2.24, 2.45) is 0 Å². The van der Waals surface area contributed by atoms with Gasteiger partial charge in [0.25, 0.3) is 0 Å². The van der Waals surface area contributed by atoms with Crippen LogP contribution in [0.2, 0.25) is 0 Å². The van der Waals surface area contributed by atoms with Gasteiger partial charge in [0, 0.05) is 12.1 Å². The molecule has 0 aromatic rings. The molecular formula is C17H39BrN2S. The highest BCUT2D eigenvalue weighted by Crippen LogP contribution is 2.10. The van der Waals surface area contributed by atoms with E-state index in [0.717, 1.165) is 5.75 Å². The van der Waals surface area contributed by atoms with Gasteiger partial charge in [0.15, 0.2) is 0 Å². The lowest BCUT2D eigenvalue weighted by atomic mass is 10.0. The average Bonchev–Trinajstić information content (AvgIpc) is 2.45. The van der Waals surface area contributed by atoms with Gasteiger partial charge < -0.3 is 10.6 Å². The summed E-state index contributed by atoms with van der Waals surface area (Å²) in [4.78, 5) is 0. The molecule has 2 unspecified atom stereocenters. The van der Waals surface area contributed by atoms with Crippen LogP contribution in [0.4, 0.5) is 0 Å². The molecule has 0 aliphatic carbocycles. The number of halogens is 1. The Morgan fingerprint density at radius 1 is 0.762 bits per heavy atom. The lowest BCUT2D eigenvalue weighted by Crippen LogP contribution is -2.26. The fourth-order valence-corrected chi connectivity index (χ4v) is 2.66. The third-order valence-corrected chi connectivity index (χ3v) is 4.41. The first-order chi connectivity index (χ1) is 9.70. The van der Waals surface area contributed by atoms with Crippen LogP contribution in [-0.2, 0) is 0 Å². The van der Waals surface area contributed by atoms with Crippen molar-refractivity contribution in [3.05, 3.63) is 0 Å². The van der Waals surface area contributed by atoms with E-state index >= 15 is 0 Å². The Kier molecular flexibility index (Phi) is 21.5. The van der Waals surface area contributed by atoms with E-state index in [0.29, 0.717) is 12.1 Å². The summed E-state index contributed by atoms with van der Waals surface area (Å²) >= 11 is 4.24. The first kappa shape index (κ1) is 24.0. The van der Waals surface area contributed by atoms with Crippen molar-refractivity contribution < 1.29 is 0 Å². The van der Waals surface area contributed by atoms with Crippen LogP contribution in [0.25, 0.3) is 0 Å². The zero-order chi connectivity index (χ0) is 15.1. The monoisotopic (exact) mass is 382 g/mol. The topological polar surface area (TPSA) is 24.1 Å². The fraction of sp³-hybridized carbons (Fsp3) is 1.00. The number of thiol groups is 1. The minimum Gasteiger partial charge on any atom is -0.317 e. The van der Waals surface area contributed by atoms with Gasteiger partial charge in [0.1, 0.15) is 0 Å². The molecule has 0 rings (SSSR count). The summed E-state index contributed by atoms with van der Waals surface area (Å²) < 4.78 is 0. The van der Waals surface area contributed by atoms with Gasteiger partial charge in [-0.15, -0.1) is 17.0 Å². The first-order valence-electron chi connectivity index (χ1n) is 8.72. The predicted octanol–water partition coefficient (Wildman–Crippen LogP) is 4.98. The molecule has 0 aliphatic heterocycles. The summed E-state index contributed by atoms with van der Waals surface area (Å²) in [7, 11) is 2.05. The van der Waals surface area contributed by atoms with Crippen molar-refractivity contribution in [1.29, 1.82) is 0 Å². The van der Waals surface area contributed by atoms with E-state index in [2.05, 4.69) is 44.2 Å². The van der Waals surface area contributed by atoms with Crippen LogP contribution in [0.15, 0.2) is 0 Å². The van der Waals surface area contributed by atoms with Crippen LogP contribution in [0.1, 0.15) is 78.1 Å². The normalized spacial score (nSPS) is 13.7. The maximum Gasteiger partial charge on any atom is 0.00387 e. The van der Waals surface area contributed by atoms with E-state index in [1.54, 1.807) is 0 Å². The standard InChI is InChI=1S/C17H38N2S.BrH/c1-16(18-3)12-8-5-4-6-9-13-17(2)19-14-10-7-11-15-20;/h16-20H,4-15H2,1-3H3;1H. The minimum atomic E-state index is 0. The van der Waals surface area contributed by atoms with Crippen LogP contribution in [0.5, 0.6) is 0 Å². The lowest BCUT2D eigenvalue weighted by Gasteiger charge is -2.13. The maximum absolute atomic E-state index is 4.24. The van der Waals surface area contributed by atoms with E-state index in [1.165, 1.54) is 70.8 Å². The first-order valence-corrected chi connectivity index (χ1v) is 9.35. The number of nitrogens with one attached hydrogen (secondary N) is 2. The van der Waals surface area contributed by atoms with E-state index in [1.807, 2.05) is 0 Å². The molecule has 0 radical (unpaired) electrons. The molecule has 0 aromatic carbocycles. The Hall–Kier alpha value is 0.750. The van der Waals surface area contributed by atoms with Crippen molar-refractivity contribution in [3.8, 4) is 0 Å². The van der Waals surface area contributed by atoms with Gasteiger partial charge in [-0.3, -0.25) is 0 Å². The van der Waals surface area contributed by atoms with Crippen LogP contribution in [0.3, 0.4) is 0 Å². The average molecular weight is 383 g/mol. The van der Waals surface area contributed by atoms with Crippen molar-refractivity contribution in [2.75, 3.05) is 19.3 Å². The quantitative estimate of drug-likeness (QED) is 0.274. The van der Waals surface area contributed by atoms with Crippen LogP contribution in [0, 0.1) is 0 Å². The highest BCUT2D eigenvalue weighted by Gasteiger charge is 2.01. The molecule has 130 valence electrons. The molecule has 0 saturated heterocycles. The van der Waals surface area contributed by atoms with Gasteiger partial charge in [-0.2, -0.15) is 12.6 Å². The predicted molar refractivity (Wildman–Crippen MR) is 106 cm³/mol. The maximum atomic E-state index is 4.24. The van der Waals surface area contributed by atoms with E-state index in [9.17, 15) is 0 Å². The molecule has 0 fully saturated rings. The molecule has 0 bridgehead atoms. The summed E-state index contributed by atoms with van der Waals surface area (Å²) in [5.74, 6) is 1.03. The van der Waals surface area contributed by atoms with Crippen molar-refractivity contribution in [1.82, 2.24) is 10.6 Å². The Morgan fingerprint density at radius 2 is 1.29 bits per heavy atom. The summed E-state index contributed by atoms with van der Waals surface area (Å²) in [6.45, 7) is 5.77. The molecule has 0 aromatic heterocycles. The SMILES string of the molecule is Br.CNC(C)CCCCCCCC(C)NCCCCCS. The highest BCUT2D eigenvalue weighted by atomic mass is 79.9. The van der Waals surface area contributed by atoms with Crippen LogP contribution < -0.4 is 10.6 Å². The summed E-state index contributed by atoms with van der Waals surface area (Å²) in [6, 6.07) is 1.37. The lowest BCUT2D eigenvalue weighted by molar-refractivity contribution is 0.463. The van der Waals surface area contributed by atoms with Crippen LogP contribution >= 0.6 is 29.6 Å². The van der Waals surface area contributed by atoms with Crippen LogP contribution in [-0.4, -0.2) is 31.4 Å². The second kappa shape index (κ2) is 18.8. The second-order valence-electron chi connectivity index (χ2n) is 6.17. The van der Waals surface area contributed by atoms with Crippen molar-refractivity contribution in [3.63, 3.8) is 0 Å². The van der Waals surface area contributed by atoms with Crippen molar-refractivity contribution >= 4 is 29.6 Å². The van der Waals surface area contributed by atoms with Gasteiger partial charge in [-0.05, 0) is 58.9 Å². The van der Waals surface area contributed by atoms with E-state index in [-0.39, 0.29) is 17.0 Å². The summed E-state index contributed by atoms with van der Waals surface area (Å²) in [5, 5.41) is 6.93. The third-order valence-electron chi connectivity index (χ3n) is 4.09. The number of hydrogen-bond acceptors (Lipinski definition) is 3. The highest BCUT2D eigenvalue weighted by molar-refractivity contribution is 8.93. The Bertz CT molecular complexity index is 194. The fourth-order valence-electron chi connectivity index (χ4n) is 2.44. The molecule has 21 heavy (non-hydrogen) atoms. The van der Waals surface area contributed by atoms with E-state index < -0.39 is 0 Å². The molecular weight excluding hydrogens is 344 g/mol. The molecule has 2 atom stereocenters. The number of unbranched alkanes of at least 4 members (excludes halogenated alkanes) is 6. The molecule has 2 N–H and O–H groups in total. The molecule has 0 aliphatic rings. The third kappa shape index (κ3) is 18.7. The molecule has 0 heterocycles. The second-order valence-corrected chi connectivity index (χ2v) is 6.62. The van der Waals surface area contributed by atoms with Gasteiger partial charge in [0.05, 0.1) is 0 Å². The summed E-state index contributed by atoms with van der Waals surface area (Å²) in [5.41, 5.74) is 0. The molecule has 0 saturated carbocycles. The summed E-state index contributed by atoms with van der Waals surface area (Å²) in [6.07, 6.45) is 13.5. The molecule has 0 spiro atoms. The van der Waals surface area contributed by atoms with Gasteiger partial charge in [-0.25, -0.2) is 0 Å². The van der Waals surface area contributed by atoms with E-state index in [4.69, 9.17) is 0 Å². The van der Waals surface area contributed by atoms with Crippen molar-refractivity contribution in [2.45, 2.75) is 90.1 Å². The Labute approximate surface area is 149 Å². The Balaban J connectivity index is 0. The number of rotatable bonds is 15. The van der Waals surface area contributed by atoms with Gasteiger partial charge in [-0.1, -0.05) is 38.5 Å². The number of hydrogen-bond donors (Lipinski definition) is 3. The molecule has 0 amide bonds. The van der Waals surface area contributed by atoms with Gasteiger partial charge in [0.2, 0.25) is 0 Å².